The second kappa shape index (κ2) is 5.31. The van der Waals surface area contributed by atoms with Crippen LogP contribution in [0.5, 0.6) is 0 Å². The lowest BCUT2D eigenvalue weighted by atomic mass is 10.3. The Hall–Kier alpha value is 0.610. The van der Waals surface area contributed by atoms with Crippen LogP contribution in [0.25, 0.3) is 0 Å². The van der Waals surface area contributed by atoms with E-state index in [1.807, 2.05) is 13.8 Å². The molecule has 0 aliphatic carbocycles. The van der Waals surface area contributed by atoms with E-state index in [1.165, 1.54) is 4.90 Å². The highest BCUT2D eigenvalue weighted by Crippen LogP contribution is 2.61. The smallest absolute Gasteiger partial charge is 0.323 e. The number of thioether (sulfide) groups is 1. The zero-order valence-corrected chi connectivity index (χ0v) is 12.1. The summed E-state index contributed by atoms with van der Waals surface area (Å²) in [6.07, 6.45) is 0. The second-order valence-electron chi connectivity index (χ2n) is 4.24. The SMILES string of the molecule is CC1CN(C(P(=O)(O)O)P(=O)(O)O)CC(C)S1. The summed E-state index contributed by atoms with van der Waals surface area (Å²) >= 11 is 1.64. The molecule has 0 bridgehead atoms. The van der Waals surface area contributed by atoms with Crippen LogP contribution in [0.15, 0.2) is 0 Å². The predicted molar refractivity (Wildman–Crippen MR) is 66.0 cm³/mol. The first-order valence-corrected chi connectivity index (χ1v) is 9.32. The minimum absolute atomic E-state index is 0.0827. The van der Waals surface area contributed by atoms with Gasteiger partial charge in [0.25, 0.3) is 0 Å². The topological polar surface area (TPSA) is 118 Å². The summed E-state index contributed by atoms with van der Waals surface area (Å²) in [7, 11) is -9.73. The van der Waals surface area contributed by atoms with Crippen LogP contribution in [-0.2, 0) is 9.13 Å². The number of rotatable bonds is 3. The van der Waals surface area contributed by atoms with Gasteiger partial charge in [-0.05, 0) is 0 Å². The van der Waals surface area contributed by atoms with Crippen molar-refractivity contribution in [3.05, 3.63) is 0 Å². The maximum absolute atomic E-state index is 11.2. The van der Waals surface area contributed by atoms with Gasteiger partial charge in [-0.2, -0.15) is 11.8 Å². The van der Waals surface area contributed by atoms with E-state index in [0.29, 0.717) is 0 Å². The Morgan fingerprint density at radius 3 is 1.71 bits per heavy atom. The highest BCUT2D eigenvalue weighted by atomic mass is 32.2. The molecule has 7 nitrogen and oxygen atoms in total. The zero-order valence-electron chi connectivity index (χ0n) is 9.50. The summed E-state index contributed by atoms with van der Waals surface area (Å²) in [6, 6.07) is 0. The maximum atomic E-state index is 11.2. The molecule has 102 valence electrons. The van der Waals surface area contributed by atoms with Crippen molar-refractivity contribution in [1.82, 2.24) is 4.90 Å². The van der Waals surface area contributed by atoms with Gasteiger partial charge in [-0.3, -0.25) is 14.0 Å². The highest BCUT2D eigenvalue weighted by Gasteiger charge is 2.49. The van der Waals surface area contributed by atoms with E-state index in [0.717, 1.165) is 0 Å². The van der Waals surface area contributed by atoms with Crippen molar-refractivity contribution in [2.24, 2.45) is 0 Å². The summed E-state index contributed by atoms with van der Waals surface area (Å²) < 4.78 is 22.5. The van der Waals surface area contributed by atoms with Crippen molar-refractivity contribution in [2.45, 2.75) is 29.9 Å². The first-order valence-electron chi connectivity index (χ1n) is 5.01. The Balaban J connectivity index is 3.00. The van der Waals surface area contributed by atoms with Crippen LogP contribution in [0.2, 0.25) is 0 Å². The molecular formula is C7H17NO6P2S. The van der Waals surface area contributed by atoms with Gasteiger partial charge in [0.05, 0.1) is 0 Å². The molecule has 0 aromatic heterocycles. The Morgan fingerprint density at radius 1 is 1.06 bits per heavy atom. The first kappa shape index (κ1) is 15.7. The maximum Gasteiger partial charge on any atom is 0.354 e. The molecular weight excluding hydrogens is 288 g/mol. The highest BCUT2D eigenvalue weighted by molar-refractivity contribution is 8.00. The van der Waals surface area contributed by atoms with Crippen molar-refractivity contribution in [3.8, 4) is 0 Å². The van der Waals surface area contributed by atoms with Gasteiger partial charge >= 0.3 is 15.2 Å². The quantitative estimate of drug-likeness (QED) is 0.555. The molecule has 1 fully saturated rings. The molecule has 1 rings (SSSR count). The predicted octanol–water partition coefficient (Wildman–Crippen LogP) is 0.451. The van der Waals surface area contributed by atoms with Gasteiger partial charge in [-0.25, -0.2) is 0 Å². The minimum atomic E-state index is -4.87. The molecule has 0 aromatic carbocycles. The molecule has 0 radical (unpaired) electrons. The molecule has 0 amide bonds. The van der Waals surface area contributed by atoms with Crippen LogP contribution in [0.4, 0.5) is 0 Å². The molecule has 1 heterocycles. The number of nitrogens with zero attached hydrogens (tertiary/aromatic N) is 1. The molecule has 1 saturated heterocycles. The molecule has 2 unspecified atom stereocenters. The van der Waals surface area contributed by atoms with E-state index in [2.05, 4.69) is 0 Å². The van der Waals surface area contributed by atoms with Crippen LogP contribution < -0.4 is 0 Å². The average Bonchev–Trinajstić information content (AvgIpc) is 1.93. The summed E-state index contributed by atoms with van der Waals surface area (Å²) in [5.41, 5.74) is -2.01. The summed E-state index contributed by atoms with van der Waals surface area (Å²) in [6.45, 7) is 4.25. The monoisotopic (exact) mass is 305 g/mol. The molecule has 17 heavy (non-hydrogen) atoms. The van der Waals surface area contributed by atoms with E-state index in [9.17, 15) is 9.13 Å². The van der Waals surface area contributed by atoms with Gasteiger partial charge in [-0.15, -0.1) is 0 Å². The zero-order chi connectivity index (χ0) is 13.4. The molecule has 0 aromatic rings. The lowest BCUT2D eigenvalue weighted by Gasteiger charge is -2.39. The molecule has 1 aliphatic rings. The van der Waals surface area contributed by atoms with Crippen LogP contribution in [0.3, 0.4) is 0 Å². The fourth-order valence-corrected chi connectivity index (χ4v) is 6.17. The molecule has 0 saturated carbocycles. The lowest BCUT2D eigenvalue weighted by molar-refractivity contribution is 0.223. The Morgan fingerprint density at radius 2 is 1.41 bits per heavy atom. The van der Waals surface area contributed by atoms with Gasteiger partial charge in [0.15, 0.2) is 0 Å². The summed E-state index contributed by atoms with van der Waals surface area (Å²) in [4.78, 5) is 37.6. The van der Waals surface area contributed by atoms with Gasteiger partial charge in [0.2, 0.25) is 5.52 Å². The van der Waals surface area contributed by atoms with E-state index in [4.69, 9.17) is 19.6 Å². The van der Waals surface area contributed by atoms with Gasteiger partial charge < -0.3 is 19.6 Å². The van der Waals surface area contributed by atoms with Crippen molar-refractivity contribution in [1.29, 1.82) is 0 Å². The third kappa shape index (κ3) is 4.33. The Bertz CT molecular complexity index is 335. The Labute approximate surface area is 104 Å². The molecule has 1 aliphatic heterocycles. The molecule has 0 spiro atoms. The van der Waals surface area contributed by atoms with Crippen LogP contribution in [0, 0.1) is 0 Å². The number of hydrogen-bond donors (Lipinski definition) is 4. The van der Waals surface area contributed by atoms with Crippen molar-refractivity contribution in [3.63, 3.8) is 0 Å². The Kier molecular flexibility index (Phi) is 4.89. The molecule has 2 atom stereocenters. The fraction of sp³-hybridized carbons (Fsp3) is 1.00. The number of hydrogen-bond acceptors (Lipinski definition) is 4. The van der Waals surface area contributed by atoms with Crippen molar-refractivity contribution >= 4 is 27.0 Å². The molecule has 10 heteroatoms. The second-order valence-corrected chi connectivity index (χ2v) is 9.86. The third-order valence-electron chi connectivity index (χ3n) is 2.38. The van der Waals surface area contributed by atoms with Crippen molar-refractivity contribution in [2.75, 3.05) is 13.1 Å². The van der Waals surface area contributed by atoms with Crippen LogP contribution >= 0.6 is 27.0 Å². The van der Waals surface area contributed by atoms with E-state index >= 15 is 0 Å². The fourth-order valence-electron chi connectivity index (χ4n) is 2.03. The van der Waals surface area contributed by atoms with Crippen LogP contribution in [-0.4, -0.2) is 53.6 Å². The van der Waals surface area contributed by atoms with Gasteiger partial charge in [0, 0.05) is 23.6 Å². The average molecular weight is 305 g/mol. The largest absolute Gasteiger partial charge is 0.354 e. The van der Waals surface area contributed by atoms with Crippen LogP contribution in [0.1, 0.15) is 13.8 Å². The first-order chi connectivity index (χ1) is 7.51. The molecule has 4 N–H and O–H groups in total. The van der Waals surface area contributed by atoms with E-state index in [-0.39, 0.29) is 23.6 Å². The van der Waals surface area contributed by atoms with Crippen molar-refractivity contribution < 1.29 is 28.7 Å². The van der Waals surface area contributed by atoms with E-state index < -0.39 is 20.7 Å². The summed E-state index contributed by atoms with van der Waals surface area (Å²) in [5.74, 6) is 0. The lowest BCUT2D eigenvalue weighted by Crippen LogP contribution is -2.46. The third-order valence-corrected chi connectivity index (χ3v) is 7.27. The summed E-state index contributed by atoms with van der Waals surface area (Å²) in [5, 5.41) is 0.165. The normalized spacial score (nSPS) is 28.6. The minimum Gasteiger partial charge on any atom is -0.323 e. The standard InChI is InChI=1S/C7H17NO6P2S/c1-5-3-8(4-6(2)17-5)7(15(9,10)11)16(12,13)14/h5-7H,3-4H2,1-2H3,(H2,9,10,11)(H2,12,13,14). The van der Waals surface area contributed by atoms with E-state index in [1.54, 1.807) is 11.8 Å². The van der Waals surface area contributed by atoms with Gasteiger partial charge in [0.1, 0.15) is 0 Å². The van der Waals surface area contributed by atoms with Gasteiger partial charge in [-0.1, -0.05) is 13.8 Å².